The summed E-state index contributed by atoms with van der Waals surface area (Å²) in [6.07, 6.45) is 1.55. The van der Waals surface area contributed by atoms with Gasteiger partial charge in [-0.15, -0.1) is 11.8 Å². The molecule has 3 heterocycles. The second kappa shape index (κ2) is 7.91. The number of fused-ring (bicyclic) bond motifs is 1. The first-order valence-electron chi connectivity index (χ1n) is 10.0. The Balaban J connectivity index is 1.74. The van der Waals surface area contributed by atoms with Gasteiger partial charge < -0.3 is 14.8 Å². The first kappa shape index (κ1) is 20.1. The van der Waals surface area contributed by atoms with Crippen LogP contribution in [0.15, 0.2) is 29.1 Å². The van der Waals surface area contributed by atoms with E-state index in [9.17, 15) is 9.59 Å². The summed E-state index contributed by atoms with van der Waals surface area (Å²) in [6.45, 7) is 7.27. The van der Waals surface area contributed by atoms with E-state index in [0.29, 0.717) is 30.3 Å². The van der Waals surface area contributed by atoms with Crippen LogP contribution in [-0.4, -0.2) is 40.3 Å². The molecule has 29 heavy (non-hydrogen) atoms. The number of anilines is 1. The summed E-state index contributed by atoms with van der Waals surface area (Å²) in [5.41, 5.74) is 1.16. The van der Waals surface area contributed by atoms with Gasteiger partial charge in [0.25, 0.3) is 5.56 Å². The molecule has 1 saturated heterocycles. The summed E-state index contributed by atoms with van der Waals surface area (Å²) in [5.74, 6) is 1.58. The molecule has 0 unspecified atom stereocenters. The molecule has 0 bridgehead atoms. The molecule has 2 aromatic rings. The summed E-state index contributed by atoms with van der Waals surface area (Å²) >= 11 is 1.47. The van der Waals surface area contributed by atoms with E-state index < -0.39 is 0 Å². The Hall–Kier alpha value is -2.19. The van der Waals surface area contributed by atoms with Gasteiger partial charge in [0.15, 0.2) is 0 Å². The van der Waals surface area contributed by atoms with Crippen molar-refractivity contribution < 1.29 is 14.3 Å². The Morgan fingerprint density at radius 1 is 1.28 bits per heavy atom. The molecule has 2 atom stereocenters. The number of aromatic amines is 1. The van der Waals surface area contributed by atoms with E-state index in [2.05, 4.69) is 24.3 Å². The van der Waals surface area contributed by atoms with Crippen molar-refractivity contribution in [3.8, 4) is 5.75 Å². The molecule has 0 aliphatic carbocycles. The Labute approximate surface area is 174 Å². The summed E-state index contributed by atoms with van der Waals surface area (Å²) in [5, 5.41) is 5.74. The lowest BCUT2D eigenvalue weighted by atomic mass is 9.94. The maximum atomic E-state index is 13.0. The monoisotopic (exact) mass is 417 g/mol. The average molecular weight is 418 g/mol. The number of thioether (sulfide) groups is 1. The van der Waals surface area contributed by atoms with Crippen LogP contribution in [0.4, 0.5) is 5.82 Å². The molecule has 8 heteroatoms. The minimum Gasteiger partial charge on any atom is -0.494 e. The van der Waals surface area contributed by atoms with E-state index in [-0.39, 0.29) is 28.4 Å². The van der Waals surface area contributed by atoms with Crippen LogP contribution in [0, 0.1) is 0 Å². The molecule has 2 aliphatic heterocycles. The fourth-order valence-electron chi connectivity index (χ4n) is 4.11. The van der Waals surface area contributed by atoms with E-state index in [1.165, 1.54) is 11.8 Å². The molecule has 1 aromatic heterocycles. The molecule has 0 saturated carbocycles. The van der Waals surface area contributed by atoms with Crippen molar-refractivity contribution in [2.45, 2.75) is 50.5 Å². The van der Waals surface area contributed by atoms with Gasteiger partial charge in [0, 0.05) is 6.61 Å². The van der Waals surface area contributed by atoms with Gasteiger partial charge in [0.2, 0.25) is 5.91 Å². The first-order chi connectivity index (χ1) is 13.9. The van der Waals surface area contributed by atoms with Gasteiger partial charge >= 0.3 is 0 Å². The molecule has 2 aliphatic rings. The molecule has 1 amide bonds. The van der Waals surface area contributed by atoms with Gasteiger partial charge in [-0.1, -0.05) is 12.1 Å². The van der Waals surface area contributed by atoms with Gasteiger partial charge in [0.1, 0.15) is 11.6 Å². The molecule has 4 rings (SSSR count). The molecule has 1 fully saturated rings. The van der Waals surface area contributed by atoms with Crippen molar-refractivity contribution in [2.24, 2.45) is 0 Å². The Morgan fingerprint density at radius 2 is 2.03 bits per heavy atom. The van der Waals surface area contributed by atoms with Crippen molar-refractivity contribution in [3.05, 3.63) is 45.7 Å². The van der Waals surface area contributed by atoms with Crippen molar-refractivity contribution in [1.82, 2.24) is 9.78 Å². The minimum absolute atomic E-state index is 0.0691. The minimum atomic E-state index is -0.269. The Bertz CT molecular complexity index is 948. The second-order valence-corrected chi connectivity index (χ2v) is 9.16. The van der Waals surface area contributed by atoms with Crippen molar-refractivity contribution in [1.29, 1.82) is 0 Å². The third-order valence-corrected chi connectivity index (χ3v) is 6.66. The number of H-pyrrole nitrogens is 1. The van der Waals surface area contributed by atoms with Crippen LogP contribution in [-0.2, 0) is 9.53 Å². The number of carbonyl (C=O) groups excluding carboxylic acids is 1. The summed E-state index contributed by atoms with van der Waals surface area (Å²) in [7, 11) is 0. The molecule has 2 N–H and O–H groups in total. The summed E-state index contributed by atoms with van der Waals surface area (Å²) < 4.78 is 13.2. The van der Waals surface area contributed by atoms with Crippen LogP contribution in [0.1, 0.15) is 56.0 Å². The lowest BCUT2D eigenvalue weighted by molar-refractivity contribution is -0.113. The maximum absolute atomic E-state index is 13.0. The zero-order valence-corrected chi connectivity index (χ0v) is 17.8. The number of carbonyl (C=O) groups is 1. The van der Waals surface area contributed by atoms with Crippen LogP contribution in [0.5, 0.6) is 5.75 Å². The lowest BCUT2D eigenvalue weighted by Crippen LogP contribution is -2.36. The molecule has 7 nitrogen and oxygen atoms in total. The van der Waals surface area contributed by atoms with Crippen molar-refractivity contribution in [3.63, 3.8) is 0 Å². The average Bonchev–Trinajstić information content (AvgIpc) is 2.88. The predicted molar refractivity (Wildman–Crippen MR) is 114 cm³/mol. The van der Waals surface area contributed by atoms with Crippen LogP contribution >= 0.6 is 11.8 Å². The first-order valence-corrected chi connectivity index (χ1v) is 11.1. The molecule has 156 valence electrons. The van der Waals surface area contributed by atoms with Crippen molar-refractivity contribution >= 4 is 23.5 Å². The fraction of sp³-hybridized carbons (Fsp3) is 0.524. The number of benzene rings is 1. The molecular weight excluding hydrogens is 390 g/mol. The van der Waals surface area contributed by atoms with Crippen LogP contribution in [0.2, 0.25) is 0 Å². The highest BCUT2D eigenvalue weighted by atomic mass is 32.2. The van der Waals surface area contributed by atoms with E-state index in [0.717, 1.165) is 24.2 Å². The fourth-order valence-corrected chi connectivity index (χ4v) is 5.23. The topological polar surface area (TPSA) is 85.4 Å². The zero-order valence-electron chi connectivity index (χ0n) is 17.0. The number of hydrogen-bond donors (Lipinski definition) is 2. The van der Waals surface area contributed by atoms with Gasteiger partial charge in [-0.3, -0.25) is 19.4 Å². The maximum Gasteiger partial charge on any atom is 0.270 e. The lowest BCUT2D eigenvalue weighted by Gasteiger charge is -2.36. The Kier molecular flexibility index (Phi) is 5.48. The highest BCUT2D eigenvalue weighted by Crippen LogP contribution is 2.42. The quantitative estimate of drug-likeness (QED) is 0.796. The highest BCUT2D eigenvalue weighted by Gasteiger charge is 2.35. The molecule has 0 radical (unpaired) electrons. The van der Waals surface area contributed by atoms with Crippen LogP contribution < -0.4 is 15.6 Å². The molecule has 0 spiro atoms. The highest BCUT2D eigenvalue weighted by molar-refractivity contribution is 8.00. The van der Waals surface area contributed by atoms with E-state index in [1.54, 1.807) is 0 Å². The van der Waals surface area contributed by atoms with Gasteiger partial charge in [-0.2, -0.15) is 0 Å². The van der Waals surface area contributed by atoms with Gasteiger partial charge in [0.05, 0.1) is 34.8 Å². The van der Waals surface area contributed by atoms with E-state index in [1.807, 2.05) is 35.9 Å². The number of nitrogens with zero attached hydrogens (tertiary/aromatic N) is 1. The molecule has 1 aromatic carbocycles. The SMILES string of the molecule is CCOc1ccc([C@H]2SCC(=O)Nc3c2c(=O)[nH]n3[C@H]2CCOC(C)(C)C2)cc1. The van der Waals surface area contributed by atoms with Crippen molar-refractivity contribution in [2.75, 3.05) is 24.3 Å². The summed E-state index contributed by atoms with van der Waals surface area (Å²) in [6, 6.07) is 7.82. The number of hydrogen-bond acceptors (Lipinski definition) is 5. The zero-order chi connectivity index (χ0) is 20.6. The van der Waals surface area contributed by atoms with Gasteiger partial charge in [-0.05, 0) is 51.3 Å². The normalized spacial score (nSPS) is 23.8. The predicted octanol–water partition coefficient (Wildman–Crippen LogP) is 3.48. The standard InChI is InChI=1S/C21H27N3O4S/c1-4-27-15-7-5-13(6-8-15)18-17-19(22-16(25)12-29-18)24(23-20(17)26)14-9-10-28-21(2,3)11-14/h5-8,14,18H,4,9-12H2,1-3H3,(H,22,25)(H,23,26)/t14-,18+/m0/s1. The third kappa shape index (κ3) is 4.09. The molecular formula is C21H27N3O4S. The Morgan fingerprint density at radius 3 is 2.72 bits per heavy atom. The second-order valence-electron chi connectivity index (χ2n) is 8.07. The number of nitrogens with one attached hydrogen (secondary N) is 2. The summed E-state index contributed by atoms with van der Waals surface area (Å²) in [4.78, 5) is 25.4. The van der Waals surface area contributed by atoms with E-state index in [4.69, 9.17) is 9.47 Å². The van der Waals surface area contributed by atoms with E-state index >= 15 is 0 Å². The number of aromatic nitrogens is 2. The van der Waals surface area contributed by atoms with Gasteiger partial charge in [-0.25, -0.2) is 0 Å². The number of amides is 1. The van der Waals surface area contributed by atoms with Crippen LogP contribution in [0.25, 0.3) is 0 Å². The number of rotatable bonds is 4. The third-order valence-electron chi connectivity index (χ3n) is 5.39. The number of ether oxygens (including phenoxy) is 2. The largest absolute Gasteiger partial charge is 0.494 e. The van der Waals surface area contributed by atoms with Crippen LogP contribution in [0.3, 0.4) is 0 Å². The smallest absolute Gasteiger partial charge is 0.270 e.